The maximum Gasteiger partial charge on any atom is 0.254 e. The molecule has 1 aromatic carbocycles. The van der Waals surface area contributed by atoms with E-state index in [0.717, 1.165) is 24.8 Å². The van der Waals surface area contributed by atoms with E-state index in [1.807, 2.05) is 32.9 Å². The second-order valence-electron chi connectivity index (χ2n) is 8.73. The molecule has 180 valence electrons. The van der Waals surface area contributed by atoms with E-state index >= 15 is 0 Å². The van der Waals surface area contributed by atoms with Crippen LogP contribution >= 0.6 is 11.3 Å². The maximum absolute atomic E-state index is 12.9. The topological polar surface area (TPSA) is 91.4 Å². The van der Waals surface area contributed by atoms with Crippen molar-refractivity contribution in [2.24, 2.45) is 5.92 Å². The van der Waals surface area contributed by atoms with Gasteiger partial charge >= 0.3 is 0 Å². The summed E-state index contributed by atoms with van der Waals surface area (Å²) in [6, 6.07) is 7.34. The molecule has 0 saturated heterocycles. The lowest BCUT2D eigenvalue weighted by Gasteiger charge is -2.24. The number of benzene rings is 1. The fourth-order valence-electron chi connectivity index (χ4n) is 3.32. The Kier molecular flexibility index (Phi) is 11.0. The zero-order chi connectivity index (χ0) is 24.2. The lowest BCUT2D eigenvalue weighted by molar-refractivity contribution is -0.120. The number of aryl methyl sites for hydroxylation is 1. The Morgan fingerprint density at radius 3 is 2.45 bits per heavy atom. The number of aromatic nitrogens is 1. The van der Waals surface area contributed by atoms with Crippen molar-refractivity contribution in [3.63, 3.8) is 0 Å². The quantitative estimate of drug-likeness (QED) is 0.422. The van der Waals surface area contributed by atoms with E-state index < -0.39 is 0 Å². The van der Waals surface area contributed by atoms with Gasteiger partial charge < -0.3 is 15.5 Å². The third-order valence-corrected chi connectivity index (χ3v) is 5.80. The predicted molar refractivity (Wildman–Crippen MR) is 134 cm³/mol. The van der Waals surface area contributed by atoms with Crippen molar-refractivity contribution in [1.29, 1.82) is 0 Å². The van der Waals surface area contributed by atoms with Crippen LogP contribution in [-0.4, -0.2) is 47.2 Å². The van der Waals surface area contributed by atoms with Gasteiger partial charge in [0.2, 0.25) is 11.8 Å². The third-order valence-electron chi connectivity index (χ3n) is 5.00. The number of nitrogens with one attached hydrogen (secondary N) is 2. The highest BCUT2D eigenvalue weighted by Gasteiger charge is 2.20. The van der Waals surface area contributed by atoms with Crippen LogP contribution in [0.3, 0.4) is 0 Å². The molecular formula is C25H36N4O3S. The Hall–Kier alpha value is -2.74. The first kappa shape index (κ1) is 26.5. The molecule has 0 atom stereocenters. The number of thiazole rings is 1. The van der Waals surface area contributed by atoms with Gasteiger partial charge in [-0.15, -0.1) is 11.3 Å². The standard InChI is InChI=1S/C25H36N4O3S/c1-5-6-7-8-13-26-22(30)14-21-17-33-25(27-21)28-23(31)16-29(15-18(2)3)24(32)20-11-9-19(4)10-12-20/h9-12,17-18H,5-8,13-16H2,1-4H3,(H,26,30)(H,27,28,31). The van der Waals surface area contributed by atoms with E-state index in [4.69, 9.17) is 0 Å². The summed E-state index contributed by atoms with van der Waals surface area (Å²) in [4.78, 5) is 43.6. The summed E-state index contributed by atoms with van der Waals surface area (Å²) in [6.45, 7) is 9.23. The third kappa shape index (κ3) is 9.74. The Bertz CT molecular complexity index is 909. The molecule has 0 unspecified atom stereocenters. The van der Waals surface area contributed by atoms with Gasteiger partial charge in [0.1, 0.15) is 6.54 Å². The highest BCUT2D eigenvalue weighted by molar-refractivity contribution is 7.13. The van der Waals surface area contributed by atoms with Crippen molar-refractivity contribution in [2.75, 3.05) is 25.0 Å². The summed E-state index contributed by atoms with van der Waals surface area (Å²) in [6.07, 6.45) is 4.62. The first-order valence-electron chi connectivity index (χ1n) is 11.6. The van der Waals surface area contributed by atoms with E-state index in [-0.39, 0.29) is 36.6 Å². The summed E-state index contributed by atoms with van der Waals surface area (Å²) < 4.78 is 0. The largest absolute Gasteiger partial charge is 0.356 e. The molecule has 7 nitrogen and oxygen atoms in total. The highest BCUT2D eigenvalue weighted by atomic mass is 32.1. The van der Waals surface area contributed by atoms with Crippen LogP contribution < -0.4 is 10.6 Å². The Labute approximate surface area is 201 Å². The van der Waals surface area contributed by atoms with E-state index in [0.29, 0.717) is 29.5 Å². The average Bonchev–Trinajstić information content (AvgIpc) is 3.19. The predicted octanol–water partition coefficient (Wildman–Crippen LogP) is 4.43. The minimum absolute atomic E-state index is 0.0575. The molecule has 0 aliphatic heterocycles. The lowest BCUT2D eigenvalue weighted by atomic mass is 10.1. The highest BCUT2D eigenvalue weighted by Crippen LogP contribution is 2.16. The molecule has 0 aliphatic carbocycles. The second-order valence-corrected chi connectivity index (χ2v) is 9.58. The number of anilines is 1. The van der Waals surface area contributed by atoms with Crippen molar-refractivity contribution >= 4 is 34.2 Å². The Balaban J connectivity index is 1.88. The molecule has 3 amide bonds. The van der Waals surface area contributed by atoms with Crippen LogP contribution in [0.25, 0.3) is 0 Å². The molecule has 8 heteroatoms. The van der Waals surface area contributed by atoms with Crippen molar-refractivity contribution in [1.82, 2.24) is 15.2 Å². The summed E-state index contributed by atoms with van der Waals surface area (Å²) >= 11 is 1.28. The summed E-state index contributed by atoms with van der Waals surface area (Å²) in [5, 5.41) is 7.88. The zero-order valence-corrected chi connectivity index (χ0v) is 21.0. The van der Waals surface area contributed by atoms with Crippen LogP contribution in [0.5, 0.6) is 0 Å². The number of nitrogens with zero attached hydrogens (tertiary/aromatic N) is 2. The van der Waals surface area contributed by atoms with Gasteiger partial charge in [-0.2, -0.15) is 0 Å². The number of carbonyl (C=O) groups is 3. The lowest BCUT2D eigenvalue weighted by Crippen LogP contribution is -2.40. The van der Waals surface area contributed by atoms with Gasteiger partial charge in [-0.25, -0.2) is 4.98 Å². The fraction of sp³-hybridized carbons (Fsp3) is 0.520. The van der Waals surface area contributed by atoms with Crippen LogP contribution in [0, 0.1) is 12.8 Å². The first-order chi connectivity index (χ1) is 15.8. The monoisotopic (exact) mass is 472 g/mol. The number of amides is 3. The van der Waals surface area contributed by atoms with Gasteiger partial charge in [0, 0.05) is 24.0 Å². The molecule has 0 radical (unpaired) electrons. The van der Waals surface area contributed by atoms with Crippen LogP contribution in [0.4, 0.5) is 5.13 Å². The van der Waals surface area contributed by atoms with Crippen molar-refractivity contribution < 1.29 is 14.4 Å². The van der Waals surface area contributed by atoms with E-state index in [9.17, 15) is 14.4 Å². The minimum Gasteiger partial charge on any atom is -0.356 e. The molecule has 0 saturated carbocycles. The maximum atomic E-state index is 12.9. The van der Waals surface area contributed by atoms with Gasteiger partial charge in [-0.3, -0.25) is 14.4 Å². The number of unbranched alkanes of at least 4 members (excludes halogenated alkanes) is 3. The van der Waals surface area contributed by atoms with E-state index in [2.05, 4.69) is 22.5 Å². The smallest absolute Gasteiger partial charge is 0.254 e. The second kappa shape index (κ2) is 13.7. The van der Waals surface area contributed by atoms with Crippen LogP contribution in [0.2, 0.25) is 0 Å². The van der Waals surface area contributed by atoms with Crippen LogP contribution in [-0.2, 0) is 16.0 Å². The Morgan fingerprint density at radius 2 is 1.79 bits per heavy atom. The van der Waals surface area contributed by atoms with Gasteiger partial charge in [0.15, 0.2) is 5.13 Å². The molecule has 2 rings (SSSR count). The van der Waals surface area contributed by atoms with Crippen molar-refractivity contribution in [3.05, 3.63) is 46.5 Å². The minimum atomic E-state index is -0.308. The molecular weight excluding hydrogens is 436 g/mol. The van der Waals surface area contributed by atoms with Gasteiger partial charge in [0.25, 0.3) is 5.91 Å². The van der Waals surface area contributed by atoms with Gasteiger partial charge in [0.05, 0.1) is 12.1 Å². The zero-order valence-electron chi connectivity index (χ0n) is 20.1. The van der Waals surface area contributed by atoms with Crippen molar-refractivity contribution in [3.8, 4) is 0 Å². The molecule has 2 aromatic rings. The summed E-state index contributed by atoms with van der Waals surface area (Å²) in [7, 11) is 0. The number of hydrogen-bond donors (Lipinski definition) is 2. The fourth-order valence-corrected chi connectivity index (χ4v) is 4.05. The molecule has 0 spiro atoms. The van der Waals surface area contributed by atoms with Gasteiger partial charge in [-0.1, -0.05) is 57.7 Å². The number of rotatable bonds is 13. The molecule has 1 heterocycles. The van der Waals surface area contributed by atoms with E-state index in [1.165, 1.54) is 17.8 Å². The molecule has 33 heavy (non-hydrogen) atoms. The normalized spacial score (nSPS) is 10.8. The number of hydrogen-bond acceptors (Lipinski definition) is 5. The molecule has 1 aromatic heterocycles. The SMILES string of the molecule is CCCCCCNC(=O)Cc1csc(NC(=O)CN(CC(C)C)C(=O)c2ccc(C)cc2)n1. The van der Waals surface area contributed by atoms with Crippen molar-refractivity contribution in [2.45, 2.75) is 59.8 Å². The molecule has 0 bridgehead atoms. The van der Waals surface area contributed by atoms with Crippen LogP contribution in [0.1, 0.15) is 68.1 Å². The molecule has 2 N–H and O–H groups in total. The molecule has 0 fully saturated rings. The summed E-state index contributed by atoms with van der Waals surface area (Å²) in [5.41, 5.74) is 2.26. The summed E-state index contributed by atoms with van der Waals surface area (Å²) in [5.74, 6) is -0.327. The first-order valence-corrected chi connectivity index (χ1v) is 12.5. The number of carbonyl (C=O) groups excluding carboxylic acids is 3. The van der Waals surface area contributed by atoms with Gasteiger partial charge in [-0.05, 0) is 31.4 Å². The molecule has 0 aliphatic rings. The average molecular weight is 473 g/mol. The Morgan fingerprint density at radius 1 is 1.06 bits per heavy atom. The van der Waals surface area contributed by atoms with E-state index in [1.54, 1.807) is 22.4 Å². The van der Waals surface area contributed by atoms with Crippen LogP contribution in [0.15, 0.2) is 29.6 Å².